The Labute approximate surface area is 110 Å². The lowest BCUT2D eigenvalue weighted by molar-refractivity contribution is -0.00388. The average Bonchev–Trinajstić information content (AvgIpc) is 2.99. The maximum atomic E-state index is 10.7. The van der Waals surface area contributed by atoms with Crippen LogP contribution < -0.4 is 0 Å². The zero-order valence-electron chi connectivity index (χ0n) is 11.8. The molecular weight excluding hydrogens is 226 g/mol. The molecule has 4 heteroatoms. The molecule has 0 saturated carbocycles. The fraction of sp³-hybridized carbons (Fsp3) is 0.786. The largest absolute Gasteiger partial charge is 0.385 e. The molecule has 1 aliphatic rings. The van der Waals surface area contributed by atoms with Gasteiger partial charge in [0.1, 0.15) is 6.10 Å². The van der Waals surface area contributed by atoms with Gasteiger partial charge in [0.05, 0.1) is 5.69 Å². The molecule has 18 heavy (non-hydrogen) atoms. The highest BCUT2D eigenvalue weighted by Gasteiger charge is 2.37. The van der Waals surface area contributed by atoms with Gasteiger partial charge in [-0.3, -0.25) is 9.58 Å². The summed E-state index contributed by atoms with van der Waals surface area (Å²) in [6, 6.07) is 1.94. The second-order valence-electron chi connectivity index (χ2n) is 5.73. The SMILES string of the molecule is CCCn1nccc1C(O)C(C)(C)N1CCCC1. The molecule has 1 N–H and O–H groups in total. The lowest BCUT2D eigenvalue weighted by atomic mass is 9.92. The molecule has 0 amide bonds. The summed E-state index contributed by atoms with van der Waals surface area (Å²) in [6.45, 7) is 9.44. The van der Waals surface area contributed by atoms with E-state index in [0.717, 1.165) is 31.7 Å². The minimum Gasteiger partial charge on any atom is -0.385 e. The number of aliphatic hydroxyl groups is 1. The lowest BCUT2D eigenvalue weighted by Crippen LogP contribution is -2.47. The van der Waals surface area contributed by atoms with Gasteiger partial charge in [0, 0.05) is 18.3 Å². The maximum absolute atomic E-state index is 10.7. The predicted molar refractivity (Wildman–Crippen MR) is 72.4 cm³/mol. The van der Waals surface area contributed by atoms with Crippen LogP contribution in [0.4, 0.5) is 0 Å². The molecule has 0 radical (unpaired) electrons. The van der Waals surface area contributed by atoms with Gasteiger partial charge in [-0.2, -0.15) is 5.10 Å². The Morgan fingerprint density at radius 3 is 2.67 bits per heavy atom. The van der Waals surface area contributed by atoms with E-state index in [0.29, 0.717) is 0 Å². The van der Waals surface area contributed by atoms with E-state index in [1.54, 1.807) is 6.20 Å². The molecule has 0 bridgehead atoms. The van der Waals surface area contributed by atoms with E-state index in [4.69, 9.17) is 0 Å². The number of aromatic nitrogens is 2. The summed E-state index contributed by atoms with van der Waals surface area (Å²) < 4.78 is 1.93. The van der Waals surface area contributed by atoms with Crippen molar-refractivity contribution in [1.29, 1.82) is 0 Å². The highest BCUT2D eigenvalue weighted by atomic mass is 16.3. The summed E-state index contributed by atoms with van der Waals surface area (Å²) in [7, 11) is 0. The molecule has 0 aromatic carbocycles. The van der Waals surface area contributed by atoms with Gasteiger partial charge in [0.25, 0.3) is 0 Å². The molecule has 1 aliphatic heterocycles. The Balaban J connectivity index is 2.18. The Morgan fingerprint density at radius 1 is 1.39 bits per heavy atom. The Bertz CT molecular complexity index is 380. The van der Waals surface area contributed by atoms with Crippen LogP contribution in [0.15, 0.2) is 12.3 Å². The van der Waals surface area contributed by atoms with Crippen molar-refractivity contribution in [3.63, 3.8) is 0 Å². The number of aliphatic hydroxyl groups excluding tert-OH is 1. The second kappa shape index (κ2) is 5.41. The monoisotopic (exact) mass is 251 g/mol. The van der Waals surface area contributed by atoms with Crippen LogP contribution >= 0.6 is 0 Å². The summed E-state index contributed by atoms with van der Waals surface area (Å²) in [4.78, 5) is 2.39. The van der Waals surface area contributed by atoms with E-state index in [1.165, 1.54) is 12.8 Å². The molecule has 2 heterocycles. The van der Waals surface area contributed by atoms with E-state index in [1.807, 2.05) is 10.7 Å². The van der Waals surface area contributed by atoms with Crippen molar-refractivity contribution in [2.75, 3.05) is 13.1 Å². The van der Waals surface area contributed by atoms with Crippen molar-refractivity contribution < 1.29 is 5.11 Å². The van der Waals surface area contributed by atoms with Crippen LogP contribution in [0.1, 0.15) is 51.8 Å². The first kappa shape index (κ1) is 13.6. The van der Waals surface area contributed by atoms with E-state index in [2.05, 4.69) is 30.8 Å². The van der Waals surface area contributed by atoms with Gasteiger partial charge in [0.15, 0.2) is 0 Å². The molecule has 1 aromatic rings. The number of hydrogen-bond donors (Lipinski definition) is 1. The van der Waals surface area contributed by atoms with E-state index in [-0.39, 0.29) is 5.54 Å². The first-order valence-electron chi connectivity index (χ1n) is 7.02. The van der Waals surface area contributed by atoms with E-state index >= 15 is 0 Å². The summed E-state index contributed by atoms with van der Waals surface area (Å²) in [5, 5.41) is 15.0. The molecule has 1 aromatic heterocycles. The number of aryl methyl sites for hydroxylation is 1. The summed E-state index contributed by atoms with van der Waals surface area (Å²) in [6.07, 6.45) is 4.82. The van der Waals surface area contributed by atoms with E-state index in [9.17, 15) is 5.11 Å². The van der Waals surface area contributed by atoms with Crippen LogP contribution in [0.5, 0.6) is 0 Å². The van der Waals surface area contributed by atoms with Gasteiger partial charge in [-0.1, -0.05) is 6.92 Å². The molecular formula is C14H25N3O. The van der Waals surface area contributed by atoms with Crippen LogP contribution in [-0.2, 0) is 6.54 Å². The fourth-order valence-corrected chi connectivity index (χ4v) is 2.80. The highest BCUT2D eigenvalue weighted by molar-refractivity contribution is 5.11. The van der Waals surface area contributed by atoms with Crippen LogP contribution in [0.25, 0.3) is 0 Å². The summed E-state index contributed by atoms with van der Waals surface area (Å²) in [5.41, 5.74) is 0.718. The number of likely N-dealkylation sites (tertiary alicyclic amines) is 1. The van der Waals surface area contributed by atoms with Crippen molar-refractivity contribution in [2.24, 2.45) is 0 Å². The summed E-state index contributed by atoms with van der Waals surface area (Å²) >= 11 is 0. The number of hydrogen-bond acceptors (Lipinski definition) is 3. The molecule has 4 nitrogen and oxygen atoms in total. The van der Waals surface area contributed by atoms with Crippen molar-refractivity contribution in [2.45, 2.75) is 58.2 Å². The third kappa shape index (κ3) is 2.45. The fourth-order valence-electron chi connectivity index (χ4n) is 2.80. The predicted octanol–water partition coefficient (Wildman–Crippen LogP) is 2.20. The van der Waals surface area contributed by atoms with Crippen LogP contribution in [0, 0.1) is 0 Å². The topological polar surface area (TPSA) is 41.3 Å². The zero-order chi connectivity index (χ0) is 13.2. The van der Waals surface area contributed by atoms with Gasteiger partial charge in [-0.25, -0.2) is 0 Å². The average molecular weight is 251 g/mol. The Kier molecular flexibility index (Phi) is 4.07. The first-order valence-corrected chi connectivity index (χ1v) is 7.02. The first-order chi connectivity index (χ1) is 8.57. The van der Waals surface area contributed by atoms with Crippen molar-refractivity contribution >= 4 is 0 Å². The molecule has 0 spiro atoms. The lowest BCUT2D eigenvalue weighted by Gasteiger charge is -2.39. The number of rotatable bonds is 5. The van der Waals surface area contributed by atoms with Crippen molar-refractivity contribution in [1.82, 2.24) is 14.7 Å². The maximum Gasteiger partial charge on any atom is 0.113 e. The molecule has 1 atom stereocenters. The molecule has 1 fully saturated rings. The van der Waals surface area contributed by atoms with Crippen LogP contribution in [0.3, 0.4) is 0 Å². The molecule has 2 rings (SSSR count). The van der Waals surface area contributed by atoms with Crippen LogP contribution in [-0.4, -0.2) is 38.4 Å². The van der Waals surface area contributed by atoms with Crippen LogP contribution in [0.2, 0.25) is 0 Å². The third-order valence-electron chi connectivity index (χ3n) is 4.06. The standard InChI is InChI=1S/C14H25N3O/c1-4-9-17-12(7-8-15-17)13(18)14(2,3)16-10-5-6-11-16/h7-8,13,18H,4-6,9-11H2,1-3H3. The highest BCUT2D eigenvalue weighted by Crippen LogP contribution is 2.33. The quantitative estimate of drug-likeness (QED) is 0.872. The summed E-state index contributed by atoms with van der Waals surface area (Å²) in [5.74, 6) is 0. The second-order valence-corrected chi connectivity index (χ2v) is 5.73. The molecule has 0 aliphatic carbocycles. The van der Waals surface area contributed by atoms with Gasteiger partial charge < -0.3 is 5.11 Å². The Morgan fingerprint density at radius 2 is 2.06 bits per heavy atom. The zero-order valence-corrected chi connectivity index (χ0v) is 11.8. The van der Waals surface area contributed by atoms with Crippen molar-refractivity contribution in [3.8, 4) is 0 Å². The number of nitrogens with zero attached hydrogens (tertiary/aromatic N) is 3. The third-order valence-corrected chi connectivity index (χ3v) is 4.06. The van der Waals surface area contributed by atoms with Gasteiger partial charge >= 0.3 is 0 Å². The minimum atomic E-state index is -0.482. The van der Waals surface area contributed by atoms with Gasteiger partial charge in [-0.15, -0.1) is 0 Å². The minimum absolute atomic E-state index is 0.220. The van der Waals surface area contributed by atoms with Gasteiger partial charge in [0.2, 0.25) is 0 Å². The Hall–Kier alpha value is -0.870. The van der Waals surface area contributed by atoms with E-state index < -0.39 is 6.10 Å². The smallest absolute Gasteiger partial charge is 0.113 e. The molecule has 1 saturated heterocycles. The molecule has 102 valence electrons. The van der Waals surface area contributed by atoms with Crippen molar-refractivity contribution in [3.05, 3.63) is 18.0 Å². The normalized spacial score (nSPS) is 19.3. The van der Waals surface area contributed by atoms with Gasteiger partial charge in [-0.05, 0) is 52.3 Å². The molecule has 1 unspecified atom stereocenters.